The number of hydrogen-bond acceptors (Lipinski definition) is 1. The van der Waals surface area contributed by atoms with Gasteiger partial charge < -0.3 is 0 Å². The molecule has 0 saturated heterocycles. The van der Waals surface area contributed by atoms with Gasteiger partial charge in [0.05, 0.1) is 11.1 Å². The second-order valence-corrected chi connectivity index (χ2v) is 3.34. The van der Waals surface area contributed by atoms with Crippen LogP contribution < -0.4 is 0 Å². The van der Waals surface area contributed by atoms with Crippen LogP contribution in [0, 0.1) is 17.1 Å². The largest absolute Gasteiger partial charge is 0.419 e. The first kappa shape index (κ1) is 11.0. The van der Waals surface area contributed by atoms with Gasteiger partial charge in [0, 0.05) is 4.47 Å². The highest BCUT2D eigenvalue weighted by Crippen LogP contribution is 2.34. The molecule has 0 bridgehead atoms. The molecule has 0 aliphatic heterocycles. The van der Waals surface area contributed by atoms with E-state index >= 15 is 0 Å². The summed E-state index contributed by atoms with van der Waals surface area (Å²) in [6.45, 7) is 0. The summed E-state index contributed by atoms with van der Waals surface area (Å²) in [5, 5.41) is 8.35. The molecule has 1 rings (SSSR count). The fourth-order valence-electron chi connectivity index (χ4n) is 0.877. The lowest BCUT2D eigenvalue weighted by molar-refractivity contribution is -0.140. The van der Waals surface area contributed by atoms with Gasteiger partial charge in [-0.1, -0.05) is 15.9 Å². The van der Waals surface area contributed by atoms with Crippen molar-refractivity contribution in [1.82, 2.24) is 0 Å². The average Bonchev–Trinajstić information content (AvgIpc) is 2.06. The zero-order valence-corrected chi connectivity index (χ0v) is 8.08. The Labute approximate surface area is 85.1 Å². The van der Waals surface area contributed by atoms with Crippen molar-refractivity contribution in [2.45, 2.75) is 6.18 Å². The Morgan fingerprint density at radius 3 is 2.29 bits per heavy atom. The molecular formula is C8H2BrF4N. The van der Waals surface area contributed by atoms with E-state index in [-0.39, 0.29) is 4.47 Å². The maximum atomic E-state index is 13.0. The van der Waals surface area contributed by atoms with Crippen LogP contribution in [0.1, 0.15) is 11.1 Å². The summed E-state index contributed by atoms with van der Waals surface area (Å²) in [5.74, 6) is -1.54. The first-order valence-electron chi connectivity index (χ1n) is 3.32. The molecule has 6 heteroatoms. The van der Waals surface area contributed by atoms with Crippen molar-refractivity contribution < 1.29 is 17.6 Å². The molecule has 0 aliphatic rings. The van der Waals surface area contributed by atoms with Gasteiger partial charge in [-0.15, -0.1) is 0 Å². The molecule has 0 radical (unpaired) electrons. The van der Waals surface area contributed by atoms with Crippen molar-refractivity contribution in [3.63, 3.8) is 0 Å². The summed E-state index contributed by atoms with van der Waals surface area (Å²) >= 11 is 2.76. The Morgan fingerprint density at radius 2 is 1.86 bits per heavy atom. The molecule has 1 aromatic carbocycles. The van der Waals surface area contributed by atoms with Gasteiger partial charge in [-0.25, -0.2) is 4.39 Å². The molecule has 0 spiro atoms. The topological polar surface area (TPSA) is 23.8 Å². The van der Waals surface area contributed by atoms with Crippen LogP contribution in [0.2, 0.25) is 0 Å². The van der Waals surface area contributed by atoms with Gasteiger partial charge in [-0.3, -0.25) is 0 Å². The normalized spacial score (nSPS) is 11.1. The van der Waals surface area contributed by atoms with Crippen LogP contribution in [-0.4, -0.2) is 0 Å². The monoisotopic (exact) mass is 267 g/mol. The summed E-state index contributed by atoms with van der Waals surface area (Å²) in [6.07, 6.45) is -4.79. The molecule has 0 heterocycles. The molecule has 14 heavy (non-hydrogen) atoms. The molecule has 0 amide bonds. The number of nitriles is 1. The third-order valence-corrected chi connectivity index (χ3v) is 1.92. The molecule has 0 atom stereocenters. The van der Waals surface area contributed by atoms with Gasteiger partial charge in [0.1, 0.15) is 6.07 Å². The van der Waals surface area contributed by atoms with Crippen molar-refractivity contribution >= 4 is 15.9 Å². The molecular weight excluding hydrogens is 266 g/mol. The Morgan fingerprint density at radius 1 is 1.29 bits per heavy atom. The van der Waals surface area contributed by atoms with E-state index in [1.54, 1.807) is 0 Å². The number of rotatable bonds is 0. The lowest BCUT2D eigenvalue weighted by Gasteiger charge is -2.08. The molecule has 1 aromatic rings. The quantitative estimate of drug-likeness (QED) is 0.661. The molecule has 74 valence electrons. The minimum absolute atomic E-state index is 0.0165. The lowest BCUT2D eigenvalue weighted by Crippen LogP contribution is -2.09. The zero-order valence-electron chi connectivity index (χ0n) is 6.49. The third kappa shape index (κ3) is 2.04. The average molecular weight is 268 g/mol. The molecule has 0 saturated carbocycles. The molecule has 0 unspecified atom stereocenters. The van der Waals surface area contributed by atoms with Crippen molar-refractivity contribution in [2.75, 3.05) is 0 Å². The fourth-order valence-corrected chi connectivity index (χ4v) is 1.33. The summed E-state index contributed by atoms with van der Waals surface area (Å²) in [5.41, 5.74) is -2.07. The van der Waals surface area contributed by atoms with Crippen molar-refractivity contribution in [3.8, 4) is 6.07 Å². The number of halogens is 5. The van der Waals surface area contributed by atoms with E-state index in [1.807, 2.05) is 0 Å². The lowest BCUT2D eigenvalue weighted by atomic mass is 10.1. The van der Waals surface area contributed by atoms with Crippen molar-refractivity contribution in [3.05, 3.63) is 33.5 Å². The standard InChI is InChI=1S/C8H2BrF4N/c9-5-1-4(3-14)7(10)6(2-5)8(11,12)13/h1-2H. The van der Waals surface area contributed by atoms with E-state index in [1.165, 1.54) is 6.07 Å². The van der Waals surface area contributed by atoms with Crippen molar-refractivity contribution in [2.24, 2.45) is 0 Å². The van der Waals surface area contributed by atoms with E-state index in [4.69, 9.17) is 5.26 Å². The van der Waals surface area contributed by atoms with E-state index in [2.05, 4.69) is 15.9 Å². The van der Waals surface area contributed by atoms with E-state index in [0.29, 0.717) is 6.07 Å². The maximum absolute atomic E-state index is 13.0. The van der Waals surface area contributed by atoms with Gasteiger partial charge in [-0.05, 0) is 12.1 Å². The molecule has 0 fully saturated rings. The highest BCUT2D eigenvalue weighted by molar-refractivity contribution is 9.10. The number of alkyl halides is 3. The number of nitrogens with zero attached hydrogens (tertiary/aromatic N) is 1. The van der Waals surface area contributed by atoms with Crippen LogP contribution in [-0.2, 0) is 6.18 Å². The molecule has 0 aromatic heterocycles. The summed E-state index contributed by atoms with van der Waals surface area (Å²) in [7, 11) is 0. The smallest absolute Gasteiger partial charge is 0.205 e. The predicted octanol–water partition coefficient (Wildman–Crippen LogP) is 3.48. The Hall–Kier alpha value is -1.09. The van der Waals surface area contributed by atoms with Gasteiger partial charge in [0.25, 0.3) is 0 Å². The van der Waals surface area contributed by atoms with Crippen LogP contribution in [0.5, 0.6) is 0 Å². The summed E-state index contributed by atoms with van der Waals surface area (Å²) < 4.78 is 49.5. The van der Waals surface area contributed by atoms with Crippen molar-refractivity contribution in [1.29, 1.82) is 5.26 Å². The second kappa shape index (κ2) is 3.58. The zero-order chi connectivity index (χ0) is 10.9. The van der Waals surface area contributed by atoms with Gasteiger partial charge in [-0.2, -0.15) is 18.4 Å². The highest BCUT2D eigenvalue weighted by Gasteiger charge is 2.35. The summed E-state index contributed by atoms with van der Waals surface area (Å²) in [4.78, 5) is 0. The minimum Gasteiger partial charge on any atom is -0.205 e. The van der Waals surface area contributed by atoms with Crippen LogP contribution in [0.3, 0.4) is 0 Å². The summed E-state index contributed by atoms with van der Waals surface area (Å²) in [6, 6.07) is 2.93. The molecule has 0 N–H and O–H groups in total. The Kier molecular flexibility index (Phi) is 2.81. The third-order valence-electron chi connectivity index (χ3n) is 1.46. The van der Waals surface area contributed by atoms with Gasteiger partial charge in [0.15, 0.2) is 5.82 Å². The number of hydrogen-bond donors (Lipinski definition) is 0. The Bertz CT molecular complexity index is 405. The van der Waals surface area contributed by atoms with Crippen LogP contribution >= 0.6 is 15.9 Å². The SMILES string of the molecule is N#Cc1cc(Br)cc(C(F)(F)F)c1F. The van der Waals surface area contributed by atoms with Gasteiger partial charge in [0.2, 0.25) is 0 Å². The van der Waals surface area contributed by atoms with Crippen LogP contribution in [0.25, 0.3) is 0 Å². The fraction of sp³-hybridized carbons (Fsp3) is 0.125. The first-order chi connectivity index (χ1) is 6.36. The molecule has 1 nitrogen and oxygen atoms in total. The molecule has 0 aliphatic carbocycles. The maximum Gasteiger partial charge on any atom is 0.419 e. The predicted molar refractivity (Wildman–Crippen MR) is 43.8 cm³/mol. The number of benzene rings is 1. The van der Waals surface area contributed by atoms with E-state index in [9.17, 15) is 17.6 Å². The van der Waals surface area contributed by atoms with Crippen LogP contribution in [0.4, 0.5) is 17.6 Å². The van der Waals surface area contributed by atoms with E-state index in [0.717, 1.165) is 6.07 Å². The van der Waals surface area contributed by atoms with Crippen LogP contribution in [0.15, 0.2) is 16.6 Å². The minimum atomic E-state index is -4.79. The van der Waals surface area contributed by atoms with Gasteiger partial charge >= 0.3 is 6.18 Å². The second-order valence-electron chi connectivity index (χ2n) is 2.42. The first-order valence-corrected chi connectivity index (χ1v) is 4.12. The highest BCUT2D eigenvalue weighted by atomic mass is 79.9. The Balaban J connectivity index is 3.47. The van der Waals surface area contributed by atoms with E-state index < -0.39 is 23.1 Å².